The van der Waals surface area contributed by atoms with Gasteiger partial charge in [0.25, 0.3) is 5.56 Å². The lowest BCUT2D eigenvalue weighted by atomic mass is 9.88. The maximum Gasteiger partial charge on any atom is 0.311 e. The standard InChI is InChI=1S/C17H15ClN2O4/c1-3-11(17(22)23)15-14(13(24-2)8-20-16(15)21)12-6-10(18)5-4-9(12)7-19/h4-6,8,11H,3H2,1-2H3,(H,20,21)(H,22,23). The minimum atomic E-state index is -1.13. The predicted octanol–water partition coefficient (Wildman–Crippen LogP) is 3.15. The molecule has 6 nitrogen and oxygen atoms in total. The van der Waals surface area contributed by atoms with Crippen LogP contribution in [0.25, 0.3) is 11.1 Å². The molecule has 1 aromatic heterocycles. The monoisotopic (exact) mass is 346 g/mol. The van der Waals surface area contributed by atoms with E-state index in [-0.39, 0.29) is 28.9 Å². The molecule has 0 fully saturated rings. The van der Waals surface area contributed by atoms with Gasteiger partial charge in [0.1, 0.15) is 5.75 Å². The molecule has 0 aliphatic heterocycles. The Morgan fingerprint density at radius 3 is 2.75 bits per heavy atom. The van der Waals surface area contributed by atoms with E-state index in [2.05, 4.69) is 4.98 Å². The Balaban J connectivity index is 2.95. The number of ether oxygens (including phenoxy) is 1. The quantitative estimate of drug-likeness (QED) is 0.865. The van der Waals surface area contributed by atoms with E-state index in [1.165, 1.54) is 25.4 Å². The Morgan fingerprint density at radius 1 is 1.50 bits per heavy atom. The van der Waals surface area contributed by atoms with Gasteiger partial charge in [-0.25, -0.2) is 0 Å². The SMILES string of the molecule is CCC(C(=O)O)c1c(-c2cc(Cl)ccc2C#N)c(OC)c[nH]c1=O. The van der Waals surface area contributed by atoms with E-state index < -0.39 is 17.4 Å². The number of nitriles is 1. The van der Waals surface area contributed by atoms with Gasteiger partial charge in [0.15, 0.2) is 0 Å². The Kier molecular flexibility index (Phi) is 5.27. The molecule has 0 saturated heterocycles. The van der Waals surface area contributed by atoms with Crippen LogP contribution >= 0.6 is 11.6 Å². The number of pyridine rings is 1. The molecular formula is C17H15ClN2O4. The molecule has 0 aliphatic carbocycles. The second-order valence-electron chi connectivity index (χ2n) is 5.08. The van der Waals surface area contributed by atoms with E-state index in [1.54, 1.807) is 13.0 Å². The van der Waals surface area contributed by atoms with Gasteiger partial charge >= 0.3 is 5.97 Å². The molecule has 2 aromatic rings. The molecular weight excluding hydrogens is 332 g/mol. The molecule has 0 bridgehead atoms. The molecule has 2 N–H and O–H groups in total. The van der Waals surface area contributed by atoms with Crippen molar-refractivity contribution in [1.82, 2.24) is 4.98 Å². The van der Waals surface area contributed by atoms with Gasteiger partial charge in [-0.05, 0) is 24.6 Å². The van der Waals surface area contributed by atoms with E-state index in [4.69, 9.17) is 16.3 Å². The van der Waals surface area contributed by atoms with E-state index >= 15 is 0 Å². The number of nitrogens with one attached hydrogen (secondary N) is 1. The molecule has 1 atom stereocenters. The normalized spacial score (nSPS) is 11.6. The van der Waals surface area contributed by atoms with Crippen LogP contribution in [0.15, 0.2) is 29.2 Å². The zero-order valence-corrected chi connectivity index (χ0v) is 13.8. The van der Waals surface area contributed by atoms with Gasteiger partial charge in [0.2, 0.25) is 0 Å². The second-order valence-corrected chi connectivity index (χ2v) is 5.51. The topological polar surface area (TPSA) is 103 Å². The fraction of sp³-hybridized carbons (Fsp3) is 0.235. The number of aromatic amines is 1. The first-order valence-electron chi connectivity index (χ1n) is 7.16. The minimum absolute atomic E-state index is 0.0446. The van der Waals surface area contributed by atoms with Gasteiger partial charge in [0.05, 0.1) is 24.7 Å². The van der Waals surface area contributed by atoms with E-state index in [1.807, 2.05) is 6.07 Å². The summed E-state index contributed by atoms with van der Waals surface area (Å²) >= 11 is 6.03. The van der Waals surface area contributed by atoms with Crippen molar-refractivity contribution in [3.63, 3.8) is 0 Å². The third-order valence-electron chi connectivity index (χ3n) is 3.74. The van der Waals surface area contributed by atoms with E-state index in [0.29, 0.717) is 10.6 Å². The van der Waals surface area contributed by atoms with Crippen molar-refractivity contribution < 1.29 is 14.6 Å². The maximum absolute atomic E-state index is 12.4. The van der Waals surface area contributed by atoms with Crippen molar-refractivity contribution in [2.24, 2.45) is 0 Å². The Labute approximate surface area is 143 Å². The maximum atomic E-state index is 12.4. The lowest BCUT2D eigenvalue weighted by Gasteiger charge is -2.18. The molecule has 0 amide bonds. The molecule has 0 aliphatic rings. The van der Waals surface area contributed by atoms with Crippen LogP contribution in [0.5, 0.6) is 5.75 Å². The average Bonchev–Trinajstić information content (AvgIpc) is 2.56. The molecule has 1 aromatic carbocycles. The number of carboxylic acid groups (broad SMARTS) is 1. The highest BCUT2D eigenvalue weighted by Gasteiger charge is 2.28. The molecule has 2 rings (SSSR count). The number of H-pyrrole nitrogens is 1. The molecule has 24 heavy (non-hydrogen) atoms. The smallest absolute Gasteiger partial charge is 0.311 e. The zero-order chi connectivity index (χ0) is 17.9. The van der Waals surface area contributed by atoms with Crippen molar-refractivity contribution in [2.45, 2.75) is 19.3 Å². The third kappa shape index (κ3) is 3.12. The van der Waals surface area contributed by atoms with Gasteiger partial charge in [-0.15, -0.1) is 0 Å². The average molecular weight is 347 g/mol. The second kappa shape index (κ2) is 7.20. The van der Waals surface area contributed by atoms with Crippen LogP contribution in [-0.4, -0.2) is 23.2 Å². The number of hydrogen-bond acceptors (Lipinski definition) is 4. The summed E-state index contributed by atoms with van der Waals surface area (Å²) in [5, 5.41) is 19.2. The summed E-state index contributed by atoms with van der Waals surface area (Å²) in [6, 6.07) is 6.63. The molecule has 1 unspecified atom stereocenters. The zero-order valence-electron chi connectivity index (χ0n) is 13.1. The summed E-state index contributed by atoms with van der Waals surface area (Å²) < 4.78 is 5.29. The number of nitrogens with zero attached hydrogens (tertiary/aromatic N) is 1. The Bertz CT molecular complexity index is 883. The largest absolute Gasteiger partial charge is 0.495 e. The summed E-state index contributed by atoms with van der Waals surface area (Å²) in [6.07, 6.45) is 1.55. The number of rotatable bonds is 5. The summed E-state index contributed by atoms with van der Waals surface area (Å²) in [6.45, 7) is 1.67. The highest BCUT2D eigenvalue weighted by molar-refractivity contribution is 6.31. The molecule has 0 spiro atoms. The number of hydrogen-bond donors (Lipinski definition) is 2. The fourth-order valence-electron chi connectivity index (χ4n) is 2.62. The van der Waals surface area contributed by atoms with Crippen LogP contribution < -0.4 is 10.3 Å². The first-order valence-corrected chi connectivity index (χ1v) is 7.54. The first kappa shape index (κ1) is 17.6. The van der Waals surface area contributed by atoms with Crippen LogP contribution in [-0.2, 0) is 4.79 Å². The molecule has 0 radical (unpaired) electrons. The van der Waals surface area contributed by atoms with Gasteiger partial charge < -0.3 is 14.8 Å². The Hall–Kier alpha value is -2.78. The number of aromatic nitrogens is 1. The van der Waals surface area contributed by atoms with E-state index in [0.717, 1.165) is 0 Å². The van der Waals surface area contributed by atoms with Gasteiger partial charge in [-0.2, -0.15) is 5.26 Å². The third-order valence-corrected chi connectivity index (χ3v) is 3.98. The minimum Gasteiger partial charge on any atom is -0.495 e. The van der Waals surface area contributed by atoms with Crippen molar-refractivity contribution in [3.8, 4) is 22.9 Å². The van der Waals surface area contributed by atoms with Gasteiger partial charge in [-0.1, -0.05) is 18.5 Å². The number of carboxylic acids is 1. The highest BCUT2D eigenvalue weighted by Crippen LogP contribution is 2.38. The fourth-order valence-corrected chi connectivity index (χ4v) is 2.79. The predicted molar refractivity (Wildman–Crippen MR) is 89.4 cm³/mol. The van der Waals surface area contributed by atoms with Gasteiger partial charge in [-0.3, -0.25) is 9.59 Å². The lowest BCUT2D eigenvalue weighted by Crippen LogP contribution is -2.23. The Morgan fingerprint density at radius 2 is 2.21 bits per heavy atom. The number of methoxy groups -OCH3 is 1. The van der Waals surface area contributed by atoms with Crippen LogP contribution in [0.3, 0.4) is 0 Å². The number of carbonyl (C=O) groups is 1. The van der Waals surface area contributed by atoms with Gasteiger partial charge in [0, 0.05) is 27.9 Å². The molecule has 7 heteroatoms. The van der Waals surface area contributed by atoms with Crippen LogP contribution in [0.4, 0.5) is 0 Å². The summed E-state index contributed by atoms with van der Waals surface area (Å²) in [5.41, 5.74) is 0.411. The number of halogens is 1. The van der Waals surface area contributed by atoms with Crippen molar-refractivity contribution in [3.05, 3.63) is 50.9 Å². The molecule has 124 valence electrons. The molecule has 0 saturated carbocycles. The van der Waals surface area contributed by atoms with Crippen molar-refractivity contribution >= 4 is 17.6 Å². The summed E-state index contributed by atoms with van der Waals surface area (Å²) in [4.78, 5) is 26.5. The number of aliphatic carboxylic acids is 1. The van der Waals surface area contributed by atoms with Crippen molar-refractivity contribution in [1.29, 1.82) is 5.26 Å². The highest BCUT2D eigenvalue weighted by atomic mass is 35.5. The van der Waals surface area contributed by atoms with Crippen molar-refractivity contribution in [2.75, 3.05) is 7.11 Å². The summed E-state index contributed by atoms with van der Waals surface area (Å²) in [7, 11) is 1.40. The summed E-state index contributed by atoms with van der Waals surface area (Å²) in [5.74, 6) is -1.90. The lowest BCUT2D eigenvalue weighted by molar-refractivity contribution is -0.138. The van der Waals surface area contributed by atoms with E-state index in [9.17, 15) is 20.0 Å². The van der Waals surface area contributed by atoms with Crippen LogP contribution in [0.1, 0.15) is 30.4 Å². The molecule has 1 heterocycles. The first-order chi connectivity index (χ1) is 11.4. The number of benzene rings is 1. The van der Waals surface area contributed by atoms with Crippen LogP contribution in [0, 0.1) is 11.3 Å². The van der Waals surface area contributed by atoms with Crippen LogP contribution in [0.2, 0.25) is 5.02 Å².